The van der Waals surface area contributed by atoms with Crippen LogP contribution in [-0.2, 0) is 6.18 Å². The molecule has 28 heavy (non-hydrogen) atoms. The highest BCUT2D eigenvalue weighted by Crippen LogP contribution is 2.29. The zero-order chi connectivity index (χ0) is 20.3. The van der Waals surface area contributed by atoms with Crippen LogP contribution in [0.25, 0.3) is 0 Å². The Morgan fingerprint density at radius 2 is 2.00 bits per heavy atom. The van der Waals surface area contributed by atoms with E-state index in [1.807, 2.05) is 13.8 Å². The summed E-state index contributed by atoms with van der Waals surface area (Å²) >= 11 is 0. The van der Waals surface area contributed by atoms with Crippen LogP contribution in [0, 0.1) is 0 Å². The van der Waals surface area contributed by atoms with Crippen LogP contribution in [0.5, 0.6) is 0 Å². The summed E-state index contributed by atoms with van der Waals surface area (Å²) in [7, 11) is 0. The van der Waals surface area contributed by atoms with Crippen molar-refractivity contribution in [3.63, 3.8) is 0 Å². The molecule has 0 bridgehead atoms. The van der Waals surface area contributed by atoms with Crippen molar-refractivity contribution in [2.45, 2.75) is 51.4 Å². The van der Waals surface area contributed by atoms with E-state index in [4.69, 9.17) is 0 Å². The number of anilines is 2. The van der Waals surface area contributed by atoms with Gasteiger partial charge in [-0.2, -0.15) is 18.3 Å². The zero-order valence-corrected chi connectivity index (χ0v) is 15.9. The molecule has 1 unspecified atom stereocenters. The number of nitrogens with zero attached hydrogens (tertiary/aromatic N) is 4. The third-order valence-corrected chi connectivity index (χ3v) is 4.83. The Hall–Kier alpha value is -2.58. The lowest BCUT2D eigenvalue weighted by molar-refractivity contribution is -0.137. The molecule has 1 aliphatic rings. The van der Waals surface area contributed by atoms with Crippen LogP contribution >= 0.6 is 0 Å². The number of rotatable bonds is 5. The highest BCUT2D eigenvalue weighted by molar-refractivity contribution is 5.41. The predicted octanol–water partition coefficient (Wildman–Crippen LogP) is 3.71. The highest BCUT2D eigenvalue weighted by Gasteiger charge is 2.30. The Morgan fingerprint density at radius 3 is 2.64 bits per heavy atom. The molecule has 0 saturated carbocycles. The number of piperidine rings is 1. The average molecular weight is 395 g/mol. The van der Waals surface area contributed by atoms with Crippen molar-refractivity contribution in [1.29, 1.82) is 0 Å². The molecule has 3 rings (SSSR count). The molecule has 0 amide bonds. The average Bonchev–Trinajstić information content (AvgIpc) is 2.66. The second-order valence-corrected chi connectivity index (χ2v) is 7.22. The van der Waals surface area contributed by atoms with Crippen LogP contribution in [0.4, 0.5) is 24.8 Å². The van der Waals surface area contributed by atoms with Crippen molar-refractivity contribution in [2.24, 2.45) is 0 Å². The molecule has 0 spiro atoms. The predicted molar refractivity (Wildman–Crippen MR) is 102 cm³/mol. The first-order valence-electron chi connectivity index (χ1n) is 9.39. The Kier molecular flexibility index (Phi) is 5.90. The number of pyridine rings is 1. The smallest absolute Gasteiger partial charge is 0.368 e. The summed E-state index contributed by atoms with van der Waals surface area (Å²) in [6, 6.07) is 5.70. The molecule has 152 valence electrons. The second-order valence-electron chi connectivity index (χ2n) is 7.22. The van der Waals surface area contributed by atoms with Gasteiger partial charge in [-0.05, 0) is 51.3 Å². The van der Waals surface area contributed by atoms with E-state index in [0.29, 0.717) is 12.4 Å². The Balaban J connectivity index is 1.72. The summed E-state index contributed by atoms with van der Waals surface area (Å²) in [5.74, 6) is 1.14. The lowest BCUT2D eigenvalue weighted by atomic mass is 10.0. The molecule has 2 aromatic heterocycles. The second kappa shape index (κ2) is 8.20. The highest BCUT2D eigenvalue weighted by atomic mass is 19.4. The summed E-state index contributed by atoms with van der Waals surface area (Å²) in [6.45, 7) is 5.16. The minimum absolute atomic E-state index is 0.0369. The molecule has 1 fully saturated rings. The van der Waals surface area contributed by atoms with Crippen molar-refractivity contribution >= 4 is 11.6 Å². The van der Waals surface area contributed by atoms with Crippen molar-refractivity contribution in [3.05, 3.63) is 46.4 Å². The molecule has 2 aromatic rings. The first-order chi connectivity index (χ1) is 13.3. The van der Waals surface area contributed by atoms with Crippen LogP contribution < -0.4 is 15.8 Å². The SMILES string of the molecule is CC(C)n1nc(N2CCCCC2CNc2ccc(C(F)(F)F)cn2)ccc1=O. The largest absolute Gasteiger partial charge is 0.417 e. The number of hydrogen-bond acceptors (Lipinski definition) is 5. The lowest BCUT2D eigenvalue weighted by Crippen LogP contribution is -2.45. The van der Waals surface area contributed by atoms with E-state index in [1.54, 1.807) is 6.07 Å². The molecule has 1 atom stereocenters. The minimum atomic E-state index is -4.39. The summed E-state index contributed by atoms with van der Waals surface area (Å²) in [6.07, 6.45) is -0.543. The van der Waals surface area contributed by atoms with Gasteiger partial charge in [0.05, 0.1) is 11.6 Å². The van der Waals surface area contributed by atoms with Gasteiger partial charge in [0.15, 0.2) is 0 Å². The fourth-order valence-electron chi connectivity index (χ4n) is 3.34. The fourth-order valence-corrected chi connectivity index (χ4v) is 3.34. The van der Waals surface area contributed by atoms with Crippen molar-refractivity contribution in [2.75, 3.05) is 23.3 Å². The maximum atomic E-state index is 12.7. The third-order valence-electron chi connectivity index (χ3n) is 4.83. The standard InChI is InChI=1S/C19H24F3N5O/c1-13(2)27-18(28)9-8-17(25-27)26-10-4-3-5-15(26)12-24-16-7-6-14(11-23-16)19(20,21)22/h6-9,11,13,15H,3-5,10,12H2,1-2H3,(H,23,24). The molecule has 6 nitrogen and oxygen atoms in total. The van der Waals surface area contributed by atoms with Gasteiger partial charge in [0, 0.05) is 31.4 Å². The van der Waals surface area contributed by atoms with E-state index in [0.717, 1.165) is 43.9 Å². The molecule has 3 heterocycles. The van der Waals surface area contributed by atoms with Crippen LogP contribution in [0.2, 0.25) is 0 Å². The van der Waals surface area contributed by atoms with Gasteiger partial charge in [-0.1, -0.05) is 0 Å². The lowest BCUT2D eigenvalue weighted by Gasteiger charge is -2.37. The van der Waals surface area contributed by atoms with Gasteiger partial charge in [-0.15, -0.1) is 0 Å². The third kappa shape index (κ3) is 4.63. The Morgan fingerprint density at radius 1 is 1.21 bits per heavy atom. The number of hydrogen-bond donors (Lipinski definition) is 1. The number of nitrogens with one attached hydrogen (secondary N) is 1. The van der Waals surface area contributed by atoms with Gasteiger partial charge in [-0.3, -0.25) is 4.79 Å². The molecule has 1 saturated heterocycles. The van der Waals surface area contributed by atoms with Gasteiger partial charge < -0.3 is 10.2 Å². The first-order valence-corrected chi connectivity index (χ1v) is 9.39. The van der Waals surface area contributed by atoms with E-state index in [-0.39, 0.29) is 17.6 Å². The first kappa shape index (κ1) is 20.2. The van der Waals surface area contributed by atoms with Crippen molar-refractivity contribution in [3.8, 4) is 0 Å². The van der Waals surface area contributed by atoms with E-state index >= 15 is 0 Å². The maximum absolute atomic E-state index is 12.7. The van der Waals surface area contributed by atoms with Gasteiger partial charge in [0.1, 0.15) is 11.6 Å². The van der Waals surface area contributed by atoms with Gasteiger partial charge in [0.25, 0.3) is 5.56 Å². The van der Waals surface area contributed by atoms with Crippen molar-refractivity contribution in [1.82, 2.24) is 14.8 Å². The van der Waals surface area contributed by atoms with Crippen LogP contribution in [-0.4, -0.2) is 33.9 Å². The molecular formula is C19H24F3N5O. The molecule has 0 radical (unpaired) electrons. The van der Waals surface area contributed by atoms with E-state index in [2.05, 4.69) is 20.3 Å². The van der Waals surface area contributed by atoms with Crippen LogP contribution in [0.1, 0.15) is 44.7 Å². The van der Waals surface area contributed by atoms with Gasteiger partial charge >= 0.3 is 6.18 Å². The molecule has 0 aromatic carbocycles. The molecule has 1 aliphatic heterocycles. The molecule has 0 aliphatic carbocycles. The molecule has 1 N–H and O–H groups in total. The number of halogens is 3. The van der Waals surface area contributed by atoms with E-state index in [1.165, 1.54) is 16.8 Å². The summed E-state index contributed by atoms with van der Waals surface area (Å²) in [5, 5.41) is 7.63. The van der Waals surface area contributed by atoms with E-state index < -0.39 is 11.7 Å². The quantitative estimate of drug-likeness (QED) is 0.836. The van der Waals surface area contributed by atoms with E-state index in [9.17, 15) is 18.0 Å². The van der Waals surface area contributed by atoms with Crippen molar-refractivity contribution < 1.29 is 13.2 Å². The normalized spacial score (nSPS) is 17.8. The van der Waals surface area contributed by atoms with Crippen LogP contribution in [0.15, 0.2) is 35.3 Å². The Bertz CT molecular complexity index is 848. The summed E-state index contributed by atoms with van der Waals surface area (Å²) < 4.78 is 39.4. The summed E-state index contributed by atoms with van der Waals surface area (Å²) in [4.78, 5) is 18.0. The number of alkyl halides is 3. The summed E-state index contributed by atoms with van der Waals surface area (Å²) in [5.41, 5.74) is -0.906. The van der Waals surface area contributed by atoms with Gasteiger partial charge in [0.2, 0.25) is 0 Å². The van der Waals surface area contributed by atoms with Gasteiger partial charge in [-0.25, -0.2) is 9.67 Å². The minimum Gasteiger partial charge on any atom is -0.368 e. The topological polar surface area (TPSA) is 63.1 Å². The monoisotopic (exact) mass is 395 g/mol. The number of aromatic nitrogens is 3. The molecule has 9 heteroatoms. The fraction of sp³-hybridized carbons (Fsp3) is 0.526. The Labute approximate surface area is 161 Å². The molecular weight excluding hydrogens is 371 g/mol. The maximum Gasteiger partial charge on any atom is 0.417 e. The van der Waals surface area contributed by atoms with Crippen LogP contribution in [0.3, 0.4) is 0 Å². The zero-order valence-electron chi connectivity index (χ0n) is 15.9.